The highest BCUT2D eigenvalue weighted by Gasteiger charge is 2.18. The molecule has 0 unspecified atom stereocenters. The van der Waals surface area contributed by atoms with Crippen molar-refractivity contribution in [3.63, 3.8) is 0 Å². The van der Waals surface area contributed by atoms with Crippen molar-refractivity contribution in [1.82, 2.24) is 0 Å². The minimum Gasteiger partial charge on any atom is -0.479 e. The number of nitrogens with one attached hydrogen (secondary N) is 1. The van der Waals surface area contributed by atoms with Crippen LogP contribution in [0.15, 0.2) is 48.5 Å². The van der Waals surface area contributed by atoms with E-state index >= 15 is 0 Å². The van der Waals surface area contributed by atoms with Crippen LogP contribution in [0.3, 0.4) is 0 Å². The summed E-state index contributed by atoms with van der Waals surface area (Å²) in [6, 6.07) is 11.5. The van der Waals surface area contributed by atoms with Crippen LogP contribution in [0.1, 0.15) is 37.0 Å². The van der Waals surface area contributed by atoms with E-state index in [9.17, 15) is 18.8 Å². The van der Waals surface area contributed by atoms with Crippen LogP contribution in [-0.2, 0) is 14.3 Å². The van der Waals surface area contributed by atoms with Crippen LogP contribution in [0.2, 0.25) is 0 Å². The number of rotatable bonds is 9. The molecule has 0 heterocycles. The number of carbonyl (C=O) groups excluding carboxylic acids is 3. The van der Waals surface area contributed by atoms with Gasteiger partial charge in [-0.05, 0) is 61.9 Å². The summed E-state index contributed by atoms with van der Waals surface area (Å²) in [5.41, 5.74) is 0.946. The van der Waals surface area contributed by atoms with Crippen molar-refractivity contribution in [2.75, 3.05) is 11.9 Å². The third-order valence-corrected chi connectivity index (χ3v) is 3.77. The zero-order valence-electron chi connectivity index (χ0n) is 15.7. The lowest BCUT2D eigenvalue weighted by Gasteiger charge is -2.13. The van der Waals surface area contributed by atoms with Gasteiger partial charge in [-0.25, -0.2) is 9.18 Å². The average molecular weight is 387 g/mol. The monoisotopic (exact) mass is 387 g/mol. The maximum absolute atomic E-state index is 12.9. The molecule has 0 aliphatic rings. The van der Waals surface area contributed by atoms with Gasteiger partial charge in [0.1, 0.15) is 11.6 Å². The van der Waals surface area contributed by atoms with Gasteiger partial charge in [0.25, 0.3) is 0 Å². The van der Waals surface area contributed by atoms with Crippen LogP contribution in [0.5, 0.6) is 5.75 Å². The second-order valence-corrected chi connectivity index (χ2v) is 6.12. The zero-order chi connectivity index (χ0) is 20.5. The normalized spacial score (nSPS) is 11.4. The van der Waals surface area contributed by atoms with Gasteiger partial charge in [0, 0.05) is 17.7 Å². The molecule has 7 heteroatoms. The molecule has 0 aliphatic carbocycles. The summed E-state index contributed by atoms with van der Waals surface area (Å²) in [7, 11) is 0. The van der Waals surface area contributed by atoms with Gasteiger partial charge in [-0.2, -0.15) is 0 Å². The minimum atomic E-state index is -0.950. The predicted octanol–water partition coefficient (Wildman–Crippen LogP) is 3.76. The molecule has 0 bridgehead atoms. The summed E-state index contributed by atoms with van der Waals surface area (Å²) in [4.78, 5) is 35.7. The van der Waals surface area contributed by atoms with E-state index < -0.39 is 24.5 Å². The van der Waals surface area contributed by atoms with Crippen LogP contribution < -0.4 is 10.1 Å². The van der Waals surface area contributed by atoms with Gasteiger partial charge in [-0.3, -0.25) is 9.59 Å². The maximum Gasteiger partial charge on any atom is 0.347 e. The molecule has 0 aliphatic heterocycles. The van der Waals surface area contributed by atoms with Crippen molar-refractivity contribution in [2.45, 2.75) is 32.8 Å². The first-order valence-electron chi connectivity index (χ1n) is 8.91. The molecule has 6 nitrogen and oxygen atoms in total. The van der Waals surface area contributed by atoms with Gasteiger partial charge in [0.05, 0.1) is 0 Å². The summed E-state index contributed by atoms with van der Waals surface area (Å²) >= 11 is 0. The Morgan fingerprint density at radius 3 is 2.29 bits per heavy atom. The number of benzene rings is 2. The Labute approximate surface area is 162 Å². The summed E-state index contributed by atoms with van der Waals surface area (Å²) in [5.74, 6) is -1.28. The van der Waals surface area contributed by atoms with Crippen LogP contribution in [0.4, 0.5) is 10.1 Å². The minimum absolute atomic E-state index is 0.0920. The van der Waals surface area contributed by atoms with Crippen LogP contribution >= 0.6 is 0 Å². The smallest absolute Gasteiger partial charge is 0.347 e. The number of ketones is 1. The first-order valence-corrected chi connectivity index (χ1v) is 8.91. The standard InChI is InChI=1S/C21H22FNO5/c1-3-4-20(25)23-17-9-5-15(6-10-17)19(24)13-27-21(26)14(2)28-18-11-7-16(22)8-12-18/h5-12,14H,3-4,13H2,1-2H3,(H,23,25)/t14-/m0/s1. The Balaban J connectivity index is 1.82. The number of ether oxygens (including phenoxy) is 2. The van der Waals surface area contributed by atoms with E-state index in [1.54, 1.807) is 24.3 Å². The van der Waals surface area contributed by atoms with Crippen molar-refractivity contribution in [3.05, 3.63) is 59.9 Å². The fourth-order valence-corrected chi connectivity index (χ4v) is 2.29. The fourth-order valence-electron chi connectivity index (χ4n) is 2.29. The number of halogens is 1. The van der Waals surface area contributed by atoms with Gasteiger partial charge < -0.3 is 14.8 Å². The molecule has 2 aromatic rings. The van der Waals surface area contributed by atoms with Crippen LogP contribution in [0, 0.1) is 5.82 Å². The number of anilines is 1. The van der Waals surface area contributed by atoms with E-state index in [2.05, 4.69) is 5.32 Å². The Kier molecular flexibility index (Phi) is 7.68. The van der Waals surface area contributed by atoms with Crippen molar-refractivity contribution < 1.29 is 28.2 Å². The molecule has 148 valence electrons. The highest BCUT2D eigenvalue weighted by atomic mass is 19.1. The largest absolute Gasteiger partial charge is 0.479 e. The molecule has 0 fully saturated rings. The lowest BCUT2D eigenvalue weighted by molar-refractivity contribution is -0.149. The number of esters is 1. The van der Waals surface area contributed by atoms with E-state index in [0.717, 1.165) is 6.42 Å². The third kappa shape index (κ3) is 6.50. The number of amides is 1. The number of carbonyl (C=O) groups is 3. The Morgan fingerprint density at radius 2 is 1.68 bits per heavy atom. The maximum atomic E-state index is 12.9. The fraction of sp³-hybridized carbons (Fsp3) is 0.286. The molecule has 1 amide bonds. The first kappa shape index (κ1) is 21.1. The summed E-state index contributed by atoms with van der Waals surface area (Å²) in [6.45, 7) is 2.95. The average Bonchev–Trinajstić information content (AvgIpc) is 2.68. The first-order chi connectivity index (χ1) is 13.4. The van der Waals surface area contributed by atoms with E-state index in [-0.39, 0.29) is 11.7 Å². The van der Waals surface area contributed by atoms with Gasteiger partial charge >= 0.3 is 5.97 Å². The second kappa shape index (κ2) is 10.2. The highest BCUT2D eigenvalue weighted by Crippen LogP contribution is 2.14. The molecule has 0 aromatic heterocycles. The third-order valence-electron chi connectivity index (χ3n) is 3.77. The van der Waals surface area contributed by atoms with E-state index in [0.29, 0.717) is 23.4 Å². The van der Waals surface area contributed by atoms with Crippen LogP contribution in [-0.4, -0.2) is 30.4 Å². The SMILES string of the molecule is CCCC(=O)Nc1ccc(C(=O)COC(=O)[C@H](C)Oc2ccc(F)cc2)cc1. The number of Topliss-reactive ketones (excluding diaryl/α,β-unsaturated/α-hetero) is 1. The zero-order valence-corrected chi connectivity index (χ0v) is 15.7. The molecule has 0 radical (unpaired) electrons. The van der Waals surface area contributed by atoms with Gasteiger partial charge in [0.15, 0.2) is 18.5 Å². The molecular weight excluding hydrogens is 365 g/mol. The van der Waals surface area contributed by atoms with Crippen molar-refractivity contribution in [2.24, 2.45) is 0 Å². The number of hydrogen-bond acceptors (Lipinski definition) is 5. The topological polar surface area (TPSA) is 81.7 Å². The summed E-state index contributed by atoms with van der Waals surface area (Å²) < 4.78 is 23.2. The molecule has 0 saturated heterocycles. The van der Waals surface area contributed by atoms with E-state index in [4.69, 9.17) is 9.47 Å². The second-order valence-electron chi connectivity index (χ2n) is 6.12. The Bertz CT molecular complexity index is 818. The number of hydrogen-bond donors (Lipinski definition) is 1. The molecule has 1 atom stereocenters. The summed E-state index contributed by atoms with van der Waals surface area (Å²) in [5, 5.41) is 2.73. The van der Waals surface area contributed by atoms with Crippen molar-refractivity contribution in [3.8, 4) is 5.75 Å². The van der Waals surface area contributed by atoms with Gasteiger partial charge in [0.2, 0.25) is 5.91 Å². The van der Waals surface area contributed by atoms with Crippen molar-refractivity contribution in [1.29, 1.82) is 0 Å². The molecule has 28 heavy (non-hydrogen) atoms. The molecule has 0 spiro atoms. The molecule has 2 rings (SSSR count). The molecule has 2 aromatic carbocycles. The molecule has 1 N–H and O–H groups in total. The lowest BCUT2D eigenvalue weighted by Crippen LogP contribution is -2.28. The van der Waals surface area contributed by atoms with Crippen molar-refractivity contribution >= 4 is 23.3 Å². The van der Waals surface area contributed by atoms with Crippen LogP contribution in [0.25, 0.3) is 0 Å². The molecule has 0 saturated carbocycles. The Morgan fingerprint density at radius 1 is 1.04 bits per heavy atom. The summed E-state index contributed by atoms with van der Waals surface area (Å²) in [6.07, 6.45) is 0.223. The van der Waals surface area contributed by atoms with E-state index in [1.165, 1.54) is 31.2 Å². The highest BCUT2D eigenvalue weighted by molar-refractivity contribution is 5.99. The van der Waals surface area contributed by atoms with E-state index in [1.807, 2.05) is 6.92 Å². The molecular formula is C21H22FNO5. The van der Waals surface area contributed by atoms with Gasteiger partial charge in [-0.1, -0.05) is 6.92 Å². The predicted molar refractivity (Wildman–Crippen MR) is 102 cm³/mol. The quantitative estimate of drug-likeness (QED) is 0.523. The Hall–Kier alpha value is -3.22. The lowest BCUT2D eigenvalue weighted by atomic mass is 10.1. The van der Waals surface area contributed by atoms with Gasteiger partial charge in [-0.15, -0.1) is 0 Å².